The van der Waals surface area contributed by atoms with Gasteiger partial charge in [-0.1, -0.05) is 79.5 Å². The van der Waals surface area contributed by atoms with Crippen LogP contribution in [0, 0.1) is 40.9 Å². The lowest BCUT2D eigenvalue weighted by atomic mass is 9.49. The quantitative estimate of drug-likeness (QED) is 0.190. The minimum absolute atomic E-state index is 0.0211. The van der Waals surface area contributed by atoms with Crippen LogP contribution in [0.3, 0.4) is 0 Å². The highest BCUT2D eigenvalue weighted by Crippen LogP contribution is 2.65. The first kappa shape index (κ1) is 21.1. The summed E-state index contributed by atoms with van der Waals surface area (Å²) < 4.78 is 26.9. The number of rotatable bonds is 9. The molecule has 0 aromatic rings. The summed E-state index contributed by atoms with van der Waals surface area (Å²) >= 11 is 2.22. The third kappa shape index (κ3) is 3.92. The van der Waals surface area contributed by atoms with E-state index in [1.165, 1.54) is 26.2 Å². The van der Waals surface area contributed by atoms with Crippen LogP contribution in [-0.2, 0) is 8.37 Å². The van der Waals surface area contributed by atoms with E-state index < -0.39 is 0 Å². The van der Waals surface area contributed by atoms with E-state index in [1.54, 1.807) is 11.1 Å². The molecule has 2 radical (unpaired) electrons. The third-order valence-electron chi connectivity index (χ3n) is 8.86. The van der Waals surface area contributed by atoms with Gasteiger partial charge in [0.25, 0.3) is 0 Å². The van der Waals surface area contributed by atoms with E-state index in [4.69, 9.17) is 17.5 Å². The van der Waals surface area contributed by atoms with Crippen molar-refractivity contribution in [3.63, 3.8) is 0 Å². The van der Waals surface area contributed by atoms with E-state index in [2.05, 4.69) is 44.9 Å². The Bertz CT molecular complexity index is 873. The van der Waals surface area contributed by atoms with Crippen LogP contribution in [0.2, 0.25) is 0 Å². The van der Waals surface area contributed by atoms with Crippen LogP contribution in [0.15, 0.2) is 34.9 Å². The SMILES string of the molecule is [3H][B]SO[C@@H]1CC2=CC=C3C(CC[C@]4(C)C([C@@H](C)CCC#C)=CCC34)[C@@]2(C)[C@@H](OS[B][3H])C1. The summed E-state index contributed by atoms with van der Waals surface area (Å²) in [6.45, 7) is 7.22. The minimum Gasteiger partial charge on any atom is -0.324 e. The molecule has 0 aliphatic heterocycles. The summed E-state index contributed by atoms with van der Waals surface area (Å²) in [5.41, 5.74) is 4.74. The van der Waals surface area contributed by atoms with E-state index in [0.29, 0.717) is 17.8 Å². The first-order valence-corrected chi connectivity index (χ1v) is 13.1. The lowest BCUT2D eigenvalue weighted by molar-refractivity contribution is -0.0153. The largest absolute Gasteiger partial charge is 0.324 e. The van der Waals surface area contributed by atoms with Gasteiger partial charge in [0.2, 0.25) is 14.2 Å². The van der Waals surface area contributed by atoms with Crippen LogP contribution in [0.4, 0.5) is 0 Å². The van der Waals surface area contributed by atoms with E-state index in [9.17, 15) is 0 Å². The normalized spacial score (nSPS) is 40.5. The molecular formula is C25H34B2O2S2. The van der Waals surface area contributed by atoms with Gasteiger partial charge in [-0.25, -0.2) is 0 Å². The molecule has 2 fully saturated rings. The van der Waals surface area contributed by atoms with Gasteiger partial charge in [0, 0.05) is 18.3 Å². The van der Waals surface area contributed by atoms with Crippen LogP contribution in [0.5, 0.6) is 0 Å². The van der Waals surface area contributed by atoms with Crippen LogP contribution >= 0.6 is 23.8 Å². The van der Waals surface area contributed by atoms with Gasteiger partial charge in [0.1, 0.15) is 0 Å². The highest BCUT2D eigenvalue weighted by atomic mass is 32.2. The number of hydrogen-bond donors (Lipinski definition) is 0. The molecule has 7 atom stereocenters. The average Bonchev–Trinajstić information content (AvgIpc) is 3.17. The molecule has 0 aromatic carbocycles. The Morgan fingerprint density at radius 3 is 2.87 bits per heavy atom. The zero-order valence-corrected chi connectivity index (χ0v) is 20.6. The highest BCUT2D eigenvalue weighted by molar-refractivity contribution is 8.16. The van der Waals surface area contributed by atoms with Gasteiger partial charge in [-0.15, -0.1) is 12.3 Å². The smallest absolute Gasteiger partial charge is 0.209 e. The molecule has 0 amide bonds. The molecular weight excluding hydrogens is 418 g/mol. The van der Waals surface area contributed by atoms with Crippen molar-refractivity contribution in [3.05, 3.63) is 34.9 Å². The van der Waals surface area contributed by atoms with Gasteiger partial charge in [0.15, 0.2) is 0 Å². The van der Waals surface area contributed by atoms with Crippen LogP contribution in [-0.4, -0.2) is 29.1 Å². The van der Waals surface area contributed by atoms with Crippen molar-refractivity contribution >= 4 is 38.0 Å². The molecule has 0 heterocycles. The second kappa shape index (κ2) is 9.41. The maximum atomic E-state index is 7.50. The minimum atomic E-state index is -0.0888. The molecule has 2 nitrogen and oxygen atoms in total. The molecule has 0 saturated heterocycles. The van der Waals surface area contributed by atoms with Gasteiger partial charge < -0.3 is 8.37 Å². The van der Waals surface area contributed by atoms with Crippen molar-refractivity contribution < 1.29 is 8.37 Å². The van der Waals surface area contributed by atoms with Crippen molar-refractivity contribution in [2.24, 2.45) is 28.6 Å². The van der Waals surface area contributed by atoms with Crippen LogP contribution in [0.1, 0.15) is 65.7 Å². The van der Waals surface area contributed by atoms with Crippen molar-refractivity contribution in [2.45, 2.75) is 77.9 Å². The zero-order chi connectivity index (χ0) is 23.6. The van der Waals surface area contributed by atoms with Crippen LogP contribution in [0.25, 0.3) is 0 Å². The molecule has 4 aliphatic carbocycles. The summed E-state index contributed by atoms with van der Waals surface area (Å²) in [5.74, 6) is 4.37. The standard InChI is InChI=1S/C25H34B2O2S2/c1-5-6-7-16(2)20-10-11-21-19-9-8-17-14-18(28-30-26)15-23(29-31-27)25(17,4)22(19)12-13-24(20,21)3/h1,8-10,16,18,21-23,26-27H,6-7,11-15H2,2-4H3/t16-,18+,21?,22?,23-,24+,25-/m0/s1/i26T,27T. The predicted octanol–water partition coefficient (Wildman–Crippen LogP) is 5.76. The summed E-state index contributed by atoms with van der Waals surface area (Å²) in [7, 11) is 2.51. The summed E-state index contributed by atoms with van der Waals surface area (Å²) in [4.78, 5) is 0. The molecule has 31 heavy (non-hydrogen) atoms. The van der Waals surface area contributed by atoms with Crippen molar-refractivity contribution in [1.29, 1.82) is 2.67 Å². The molecule has 6 heteroatoms. The third-order valence-corrected chi connectivity index (χ3v) is 9.59. The van der Waals surface area contributed by atoms with Gasteiger partial charge in [-0.2, -0.15) is 0 Å². The van der Waals surface area contributed by atoms with E-state index in [-0.39, 0.29) is 23.0 Å². The van der Waals surface area contributed by atoms with Gasteiger partial charge in [0.05, 0.1) is 12.2 Å². The monoisotopic (exact) mass is 456 g/mol. The predicted molar refractivity (Wildman–Crippen MR) is 137 cm³/mol. The van der Waals surface area contributed by atoms with Gasteiger partial charge in [-0.05, 0) is 57.9 Å². The highest BCUT2D eigenvalue weighted by Gasteiger charge is 2.57. The Morgan fingerprint density at radius 1 is 1.29 bits per heavy atom. The molecule has 0 aromatic heterocycles. The lowest BCUT2D eigenvalue weighted by Gasteiger charge is -2.57. The fourth-order valence-electron chi connectivity index (χ4n) is 7.20. The Morgan fingerprint density at radius 2 is 2.10 bits per heavy atom. The molecule has 2 unspecified atom stereocenters. The van der Waals surface area contributed by atoms with E-state index >= 15 is 0 Å². The molecule has 4 rings (SSSR count). The maximum Gasteiger partial charge on any atom is 0.209 e. The van der Waals surface area contributed by atoms with Gasteiger partial charge >= 0.3 is 0 Å². The molecule has 2 saturated carbocycles. The lowest BCUT2D eigenvalue weighted by Crippen LogP contribution is -2.52. The first-order valence-electron chi connectivity index (χ1n) is 12.6. The second-order valence-electron chi connectivity index (χ2n) is 10.2. The number of hydrogen-bond acceptors (Lipinski definition) is 4. The fraction of sp³-hybridized carbons (Fsp3) is 0.680. The van der Waals surface area contributed by atoms with E-state index in [1.807, 2.05) is 0 Å². The topological polar surface area (TPSA) is 18.5 Å². The van der Waals surface area contributed by atoms with Gasteiger partial charge in [-0.3, -0.25) is 0 Å². The van der Waals surface area contributed by atoms with Crippen molar-refractivity contribution in [1.82, 2.24) is 0 Å². The molecule has 0 bridgehead atoms. The fourth-order valence-corrected chi connectivity index (χ4v) is 7.92. The Labute approximate surface area is 202 Å². The molecule has 4 aliphatic rings. The van der Waals surface area contributed by atoms with Crippen molar-refractivity contribution in [2.75, 3.05) is 0 Å². The summed E-state index contributed by atoms with van der Waals surface area (Å²) in [6.07, 6.45) is 19.9. The molecule has 0 spiro atoms. The first-order chi connectivity index (χ1) is 15.9. The Hall–Kier alpha value is -0.470. The number of terminal acetylenes is 1. The van der Waals surface area contributed by atoms with Crippen LogP contribution < -0.4 is 0 Å². The number of fused-ring (bicyclic) bond motifs is 5. The summed E-state index contributed by atoms with van der Waals surface area (Å²) in [6, 6.07) is 0. The summed E-state index contributed by atoms with van der Waals surface area (Å²) in [5, 5.41) is 0. The Kier molecular flexibility index (Phi) is 6.40. The second-order valence-corrected chi connectivity index (χ2v) is 10.9. The molecule has 164 valence electrons. The van der Waals surface area contributed by atoms with E-state index in [0.717, 1.165) is 62.3 Å². The van der Waals surface area contributed by atoms with Crippen molar-refractivity contribution in [3.8, 4) is 12.3 Å². The number of allylic oxidation sites excluding steroid dienone is 5. The maximum absolute atomic E-state index is 7.50. The Balaban J connectivity index is 1.62. The average molecular weight is 456 g/mol. The zero-order valence-electron chi connectivity index (χ0n) is 20.9. The molecule has 0 N–H and O–H groups in total.